The van der Waals surface area contributed by atoms with E-state index in [9.17, 15) is 14.7 Å². The highest BCUT2D eigenvalue weighted by molar-refractivity contribution is 14.1. The second-order valence-corrected chi connectivity index (χ2v) is 9.32. The van der Waals surface area contributed by atoms with Crippen LogP contribution in [-0.2, 0) is 9.53 Å². The number of esters is 1. The number of methoxy groups -OCH3 is 3. The molecule has 0 aromatic heterocycles. The summed E-state index contributed by atoms with van der Waals surface area (Å²) in [4.78, 5) is 24.5. The third kappa shape index (κ3) is 7.44. The van der Waals surface area contributed by atoms with E-state index in [2.05, 4.69) is 43.8 Å². The summed E-state index contributed by atoms with van der Waals surface area (Å²) < 4.78 is 27.9. The first-order valence-corrected chi connectivity index (χ1v) is 12.9. The monoisotopic (exact) mass is 654 g/mol. The number of halogens is 1. The van der Waals surface area contributed by atoms with Gasteiger partial charge in [0.15, 0.2) is 29.2 Å². The van der Waals surface area contributed by atoms with E-state index < -0.39 is 24.3 Å². The number of benzene rings is 2. The molecule has 12 nitrogen and oxygen atoms in total. The van der Waals surface area contributed by atoms with Crippen LogP contribution in [0.2, 0.25) is 0 Å². The maximum atomic E-state index is 12.4. The van der Waals surface area contributed by atoms with E-state index in [4.69, 9.17) is 23.7 Å². The minimum Gasteiger partial charge on any atom is -0.493 e. The molecule has 39 heavy (non-hydrogen) atoms. The quantitative estimate of drug-likeness (QED) is 0.0892. The standard InChI is InChI=1S/C26H31IN4O8/c1-6-38-19-11-16(23-22(25(33)37-5)14(2)29-26(34)30-23)7-8-18(19)39-13-21(32)31-28-12-15-9-17(27)24(36-4)20(10-15)35-3/h7-12,21,23,31-32H,6,13H2,1-5H3,(H2,29,30,34)/b28-12-/t21-,23+/m1/s1. The molecule has 0 fully saturated rings. The molecule has 1 heterocycles. The summed E-state index contributed by atoms with van der Waals surface area (Å²) in [6.45, 7) is 3.64. The molecule has 0 saturated heterocycles. The van der Waals surface area contributed by atoms with Crippen molar-refractivity contribution in [3.63, 3.8) is 0 Å². The van der Waals surface area contributed by atoms with Crippen molar-refractivity contribution in [1.82, 2.24) is 16.1 Å². The maximum absolute atomic E-state index is 12.4. The smallest absolute Gasteiger partial charge is 0.337 e. The van der Waals surface area contributed by atoms with Crippen LogP contribution >= 0.6 is 22.6 Å². The molecule has 0 bridgehead atoms. The SMILES string of the molecule is CCOc1cc([C@@H]2NC(=O)NC(C)=C2C(=O)OC)ccc1OC[C@@H](O)N/N=C\c1cc(I)c(OC)c(OC)c1. The van der Waals surface area contributed by atoms with E-state index >= 15 is 0 Å². The van der Waals surface area contributed by atoms with E-state index in [1.54, 1.807) is 45.4 Å². The Kier molecular flexibility index (Phi) is 10.6. The lowest BCUT2D eigenvalue weighted by atomic mass is 9.95. The van der Waals surface area contributed by atoms with Crippen LogP contribution in [0.4, 0.5) is 4.79 Å². The number of nitrogens with one attached hydrogen (secondary N) is 3. The number of hydrazone groups is 1. The van der Waals surface area contributed by atoms with Crippen molar-refractivity contribution >= 4 is 40.8 Å². The molecule has 2 amide bonds. The number of hydrogen-bond donors (Lipinski definition) is 4. The number of carbonyl (C=O) groups is 2. The van der Waals surface area contributed by atoms with Crippen molar-refractivity contribution in [2.45, 2.75) is 26.1 Å². The molecule has 4 N–H and O–H groups in total. The molecule has 13 heteroatoms. The van der Waals surface area contributed by atoms with Gasteiger partial charge in [-0.15, -0.1) is 0 Å². The maximum Gasteiger partial charge on any atom is 0.337 e. The van der Waals surface area contributed by atoms with Crippen LogP contribution in [0, 0.1) is 3.57 Å². The number of aliphatic hydroxyl groups is 1. The number of aliphatic hydroxyl groups excluding tert-OH is 1. The Balaban J connectivity index is 1.70. The van der Waals surface area contributed by atoms with Crippen molar-refractivity contribution in [3.8, 4) is 23.0 Å². The number of carbonyl (C=O) groups excluding carboxylic acids is 2. The largest absolute Gasteiger partial charge is 0.493 e. The van der Waals surface area contributed by atoms with Crippen LogP contribution < -0.4 is 35.0 Å². The summed E-state index contributed by atoms with van der Waals surface area (Å²) in [5, 5.41) is 19.7. The zero-order chi connectivity index (χ0) is 28.5. The number of allylic oxidation sites excluding steroid dienone is 1. The van der Waals surface area contributed by atoms with Crippen LogP contribution in [0.5, 0.6) is 23.0 Å². The molecule has 3 rings (SSSR count). The lowest BCUT2D eigenvalue weighted by Crippen LogP contribution is -2.45. The summed E-state index contributed by atoms with van der Waals surface area (Å²) in [5.74, 6) is 1.36. The van der Waals surface area contributed by atoms with Crippen molar-refractivity contribution in [1.29, 1.82) is 0 Å². The van der Waals surface area contributed by atoms with Crippen molar-refractivity contribution < 1.29 is 38.4 Å². The molecule has 2 aromatic rings. The molecular formula is C26H31IN4O8. The van der Waals surface area contributed by atoms with E-state index in [0.717, 1.165) is 9.13 Å². The average Bonchev–Trinajstić information content (AvgIpc) is 2.91. The third-order valence-electron chi connectivity index (χ3n) is 5.57. The second-order valence-electron chi connectivity index (χ2n) is 8.15. The topological polar surface area (TPSA) is 149 Å². The Morgan fingerprint density at radius 2 is 1.92 bits per heavy atom. The molecule has 0 saturated carbocycles. The molecule has 1 aliphatic heterocycles. The summed E-state index contributed by atoms with van der Waals surface area (Å²) in [7, 11) is 4.39. The highest BCUT2D eigenvalue weighted by Gasteiger charge is 2.32. The van der Waals surface area contributed by atoms with Gasteiger partial charge in [-0.1, -0.05) is 6.07 Å². The van der Waals surface area contributed by atoms with Gasteiger partial charge >= 0.3 is 12.0 Å². The normalized spacial score (nSPS) is 15.8. The lowest BCUT2D eigenvalue weighted by molar-refractivity contribution is -0.136. The molecule has 0 spiro atoms. The molecule has 0 radical (unpaired) electrons. The number of nitrogens with zero attached hydrogens (tertiary/aromatic N) is 1. The van der Waals surface area contributed by atoms with Crippen LogP contribution in [0.25, 0.3) is 0 Å². The van der Waals surface area contributed by atoms with E-state index in [1.807, 2.05) is 13.0 Å². The van der Waals surface area contributed by atoms with Crippen LogP contribution in [0.3, 0.4) is 0 Å². The molecule has 0 unspecified atom stereocenters. The Hall–Kier alpha value is -3.72. The predicted molar refractivity (Wildman–Crippen MR) is 151 cm³/mol. The first-order valence-electron chi connectivity index (χ1n) is 11.9. The molecule has 2 atom stereocenters. The first-order chi connectivity index (χ1) is 18.7. The second kappa shape index (κ2) is 13.9. The number of amides is 2. The van der Waals surface area contributed by atoms with E-state index in [0.29, 0.717) is 40.9 Å². The van der Waals surface area contributed by atoms with Gasteiger partial charge in [0, 0.05) is 5.70 Å². The zero-order valence-electron chi connectivity index (χ0n) is 22.2. The summed E-state index contributed by atoms with van der Waals surface area (Å²) in [6.07, 6.45) is 0.407. The van der Waals surface area contributed by atoms with Gasteiger partial charge in [0.05, 0.1) is 49.3 Å². The minimum absolute atomic E-state index is 0.142. The minimum atomic E-state index is -1.13. The number of hydrogen-bond acceptors (Lipinski definition) is 10. The number of ether oxygens (including phenoxy) is 5. The number of urea groups is 1. The van der Waals surface area contributed by atoms with Gasteiger partial charge in [-0.2, -0.15) is 5.10 Å². The van der Waals surface area contributed by atoms with Crippen LogP contribution in [-0.4, -0.2) is 64.1 Å². The Morgan fingerprint density at radius 1 is 1.15 bits per heavy atom. The van der Waals surface area contributed by atoms with E-state index in [1.165, 1.54) is 13.3 Å². The zero-order valence-corrected chi connectivity index (χ0v) is 24.3. The molecular weight excluding hydrogens is 623 g/mol. The average molecular weight is 654 g/mol. The fraction of sp³-hybridized carbons (Fsp3) is 0.346. The Labute approximate surface area is 239 Å². The van der Waals surface area contributed by atoms with Gasteiger partial charge in [0.2, 0.25) is 0 Å². The fourth-order valence-corrected chi connectivity index (χ4v) is 4.68. The lowest BCUT2D eigenvalue weighted by Gasteiger charge is -2.28. The fourth-order valence-electron chi connectivity index (χ4n) is 3.83. The van der Waals surface area contributed by atoms with Gasteiger partial charge in [0.25, 0.3) is 0 Å². The van der Waals surface area contributed by atoms with Gasteiger partial charge in [-0.05, 0) is 71.8 Å². The van der Waals surface area contributed by atoms with E-state index in [-0.39, 0.29) is 12.2 Å². The van der Waals surface area contributed by atoms with Gasteiger partial charge < -0.3 is 39.4 Å². The molecule has 2 aromatic carbocycles. The molecule has 210 valence electrons. The first kappa shape index (κ1) is 29.8. The van der Waals surface area contributed by atoms with Crippen LogP contribution in [0.1, 0.15) is 31.0 Å². The summed E-state index contributed by atoms with van der Waals surface area (Å²) in [6, 6.07) is 7.43. The highest BCUT2D eigenvalue weighted by Crippen LogP contribution is 2.35. The molecule has 1 aliphatic rings. The Morgan fingerprint density at radius 3 is 2.59 bits per heavy atom. The van der Waals surface area contributed by atoms with Gasteiger partial charge in [0.1, 0.15) is 6.61 Å². The van der Waals surface area contributed by atoms with Crippen LogP contribution in [0.15, 0.2) is 46.7 Å². The van der Waals surface area contributed by atoms with Crippen molar-refractivity contribution in [2.75, 3.05) is 34.5 Å². The van der Waals surface area contributed by atoms with Crippen molar-refractivity contribution in [3.05, 3.63) is 56.3 Å². The summed E-state index contributed by atoms with van der Waals surface area (Å²) >= 11 is 2.14. The predicted octanol–water partition coefficient (Wildman–Crippen LogP) is 2.83. The number of rotatable bonds is 12. The van der Waals surface area contributed by atoms with Crippen molar-refractivity contribution in [2.24, 2.45) is 5.10 Å². The molecule has 0 aliphatic carbocycles. The van der Waals surface area contributed by atoms with Gasteiger partial charge in [-0.3, -0.25) is 5.43 Å². The Bertz CT molecular complexity index is 1270. The van der Waals surface area contributed by atoms with Gasteiger partial charge in [-0.25, -0.2) is 9.59 Å². The highest BCUT2D eigenvalue weighted by atomic mass is 127. The third-order valence-corrected chi connectivity index (χ3v) is 6.37. The summed E-state index contributed by atoms with van der Waals surface area (Å²) in [5.41, 5.74) is 4.61.